The van der Waals surface area contributed by atoms with Crippen molar-refractivity contribution >= 4 is 5.97 Å². The molecule has 1 rings (SSSR count). The molecule has 1 aliphatic heterocycles. The summed E-state index contributed by atoms with van der Waals surface area (Å²) in [5.41, 5.74) is 5.69. The van der Waals surface area contributed by atoms with Crippen molar-refractivity contribution < 1.29 is 14.3 Å². The third-order valence-corrected chi connectivity index (χ3v) is 2.46. The second kappa shape index (κ2) is 6.08. The fraction of sp³-hybridized carbons (Fsp3) is 0.909. The quantitative estimate of drug-likeness (QED) is 0.697. The largest absolute Gasteiger partial charge is 0.462 e. The highest BCUT2D eigenvalue weighted by Crippen LogP contribution is 2.12. The Kier molecular flexibility index (Phi) is 5.05. The van der Waals surface area contributed by atoms with Crippen molar-refractivity contribution in [2.24, 2.45) is 11.7 Å². The summed E-state index contributed by atoms with van der Waals surface area (Å²) < 4.78 is 10.4. The predicted molar refractivity (Wildman–Crippen MR) is 57.4 cm³/mol. The van der Waals surface area contributed by atoms with Crippen LogP contribution in [0.2, 0.25) is 0 Å². The summed E-state index contributed by atoms with van der Waals surface area (Å²) in [5.74, 6) is 0.106. The monoisotopic (exact) mass is 215 g/mol. The third-order valence-electron chi connectivity index (χ3n) is 2.46. The van der Waals surface area contributed by atoms with Gasteiger partial charge >= 0.3 is 5.97 Å². The van der Waals surface area contributed by atoms with E-state index in [2.05, 4.69) is 0 Å². The lowest BCUT2D eigenvalue weighted by Gasteiger charge is -2.15. The average Bonchev–Trinajstić information content (AvgIpc) is 2.65. The first-order valence-electron chi connectivity index (χ1n) is 5.63. The fourth-order valence-electron chi connectivity index (χ4n) is 1.66. The van der Waals surface area contributed by atoms with Crippen LogP contribution in [0.1, 0.15) is 33.1 Å². The van der Waals surface area contributed by atoms with E-state index in [-0.39, 0.29) is 12.1 Å². The summed E-state index contributed by atoms with van der Waals surface area (Å²) in [5, 5.41) is 0. The molecule has 0 bridgehead atoms. The van der Waals surface area contributed by atoms with Gasteiger partial charge in [0, 0.05) is 6.61 Å². The highest BCUT2D eigenvalue weighted by Gasteiger charge is 2.21. The molecule has 2 N–H and O–H groups in total. The van der Waals surface area contributed by atoms with Gasteiger partial charge < -0.3 is 15.2 Å². The lowest BCUT2D eigenvalue weighted by molar-refractivity contribution is -0.148. The van der Waals surface area contributed by atoms with Crippen LogP contribution in [0, 0.1) is 5.92 Å². The number of hydrogen-bond donors (Lipinski definition) is 1. The number of carbonyl (C=O) groups excluding carboxylic acids is 1. The minimum absolute atomic E-state index is 0.0835. The van der Waals surface area contributed by atoms with Gasteiger partial charge in [-0.25, -0.2) is 0 Å². The molecule has 1 fully saturated rings. The first kappa shape index (κ1) is 12.5. The number of carbonyl (C=O) groups is 1. The first-order valence-corrected chi connectivity index (χ1v) is 5.63. The first-order chi connectivity index (χ1) is 7.09. The Labute approximate surface area is 91.1 Å². The Morgan fingerprint density at radius 3 is 2.87 bits per heavy atom. The van der Waals surface area contributed by atoms with Gasteiger partial charge in [-0.05, 0) is 25.2 Å². The van der Waals surface area contributed by atoms with Gasteiger partial charge in [0.1, 0.15) is 12.6 Å². The maximum atomic E-state index is 11.4. The zero-order chi connectivity index (χ0) is 11.3. The Balaban J connectivity index is 2.16. The van der Waals surface area contributed by atoms with E-state index in [1.165, 1.54) is 0 Å². The molecular formula is C11H21NO3. The van der Waals surface area contributed by atoms with Crippen LogP contribution in [0.25, 0.3) is 0 Å². The van der Waals surface area contributed by atoms with Gasteiger partial charge in [-0.3, -0.25) is 4.79 Å². The van der Waals surface area contributed by atoms with E-state index in [1.807, 2.05) is 13.8 Å². The molecule has 15 heavy (non-hydrogen) atoms. The molecule has 0 aromatic rings. The summed E-state index contributed by atoms with van der Waals surface area (Å²) in [6, 6.07) is -0.494. The van der Waals surface area contributed by atoms with E-state index < -0.39 is 6.04 Å². The van der Waals surface area contributed by atoms with Gasteiger partial charge in [-0.2, -0.15) is 0 Å². The summed E-state index contributed by atoms with van der Waals surface area (Å²) in [7, 11) is 0. The molecule has 1 unspecified atom stereocenters. The summed E-state index contributed by atoms with van der Waals surface area (Å²) >= 11 is 0. The zero-order valence-corrected chi connectivity index (χ0v) is 9.57. The van der Waals surface area contributed by atoms with E-state index >= 15 is 0 Å². The molecule has 0 aromatic carbocycles. The molecule has 0 aromatic heterocycles. The van der Waals surface area contributed by atoms with Gasteiger partial charge in [0.05, 0.1) is 6.10 Å². The van der Waals surface area contributed by atoms with Gasteiger partial charge in [-0.1, -0.05) is 13.8 Å². The van der Waals surface area contributed by atoms with Gasteiger partial charge in [-0.15, -0.1) is 0 Å². The van der Waals surface area contributed by atoms with Crippen LogP contribution >= 0.6 is 0 Å². The number of ether oxygens (including phenoxy) is 2. The molecule has 1 aliphatic rings. The molecule has 0 saturated carbocycles. The number of hydrogen-bond acceptors (Lipinski definition) is 4. The maximum absolute atomic E-state index is 11.4. The van der Waals surface area contributed by atoms with Crippen molar-refractivity contribution in [1.29, 1.82) is 0 Å². The van der Waals surface area contributed by atoms with Crippen molar-refractivity contribution in [3.05, 3.63) is 0 Å². The predicted octanol–water partition coefficient (Wildman–Crippen LogP) is 1.08. The van der Waals surface area contributed by atoms with Crippen molar-refractivity contribution in [3.63, 3.8) is 0 Å². The van der Waals surface area contributed by atoms with E-state index in [0.717, 1.165) is 19.4 Å². The van der Waals surface area contributed by atoms with Gasteiger partial charge in [0.2, 0.25) is 0 Å². The molecular weight excluding hydrogens is 194 g/mol. The van der Waals surface area contributed by atoms with Crippen molar-refractivity contribution in [3.8, 4) is 0 Å². The van der Waals surface area contributed by atoms with Crippen LogP contribution in [0.5, 0.6) is 0 Å². The van der Waals surface area contributed by atoms with Crippen LogP contribution in [-0.4, -0.2) is 31.3 Å². The second-order valence-corrected chi connectivity index (χ2v) is 4.50. The Hall–Kier alpha value is -0.610. The Bertz CT molecular complexity index is 200. The average molecular weight is 215 g/mol. The number of nitrogens with two attached hydrogens (primary N) is 1. The highest BCUT2D eigenvalue weighted by atomic mass is 16.6. The smallest absolute Gasteiger partial charge is 0.323 e. The molecule has 0 radical (unpaired) electrons. The SMILES string of the molecule is CC(C)C[C@@H](N)C(=O)OCC1CCCO1. The third kappa shape index (κ3) is 4.62. The van der Waals surface area contributed by atoms with Crippen LogP contribution in [0.4, 0.5) is 0 Å². The van der Waals surface area contributed by atoms with Crippen LogP contribution in [0.15, 0.2) is 0 Å². The van der Waals surface area contributed by atoms with E-state index in [0.29, 0.717) is 18.9 Å². The van der Waals surface area contributed by atoms with Crippen molar-refractivity contribution in [2.75, 3.05) is 13.2 Å². The lowest BCUT2D eigenvalue weighted by atomic mass is 10.1. The zero-order valence-electron chi connectivity index (χ0n) is 9.57. The molecule has 0 spiro atoms. The van der Waals surface area contributed by atoms with Gasteiger partial charge in [0.15, 0.2) is 0 Å². The molecule has 4 nitrogen and oxygen atoms in total. The standard InChI is InChI=1S/C11H21NO3/c1-8(2)6-10(12)11(13)15-7-9-4-3-5-14-9/h8-10H,3-7,12H2,1-2H3/t9?,10-/m1/s1. The molecule has 88 valence electrons. The topological polar surface area (TPSA) is 61.6 Å². The van der Waals surface area contributed by atoms with Crippen molar-refractivity contribution in [2.45, 2.75) is 45.3 Å². The van der Waals surface area contributed by atoms with Crippen molar-refractivity contribution in [1.82, 2.24) is 0 Å². The maximum Gasteiger partial charge on any atom is 0.323 e. The molecule has 4 heteroatoms. The number of rotatable bonds is 5. The molecule has 2 atom stereocenters. The van der Waals surface area contributed by atoms with Crippen LogP contribution < -0.4 is 5.73 Å². The van der Waals surface area contributed by atoms with E-state index in [1.54, 1.807) is 0 Å². The molecule has 1 heterocycles. The molecule has 1 saturated heterocycles. The fourth-order valence-corrected chi connectivity index (χ4v) is 1.66. The van der Waals surface area contributed by atoms with Crippen LogP contribution in [-0.2, 0) is 14.3 Å². The van der Waals surface area contributed by atoms with Crippen LogP contribution in [0.3, 0.4) is 0 Å². The second-order valence-electron chi connectivity index (χ2n) is 4.50. The minimum Gasteiger partial charge on any atom is -0.462 e. The minimum atomic E-state index is -0.494. The van der Waals surface area contributed by atoms with E-state index in [4.69, 9.17) is 15.2 Å². The number of esters is 1. The summed E-state index contributed by atoms with van der Waals surface area (Å²) in [4.78, 5) is 11.4. The summed E-state index contributed by atoms with van der Waals surface area (Å²) in [6.07, 6.45) is 2.79. The van der Waals surface area contributed by atoms with E-state index in [9.17, 15) is 4.79 Å². The summed E-state index contributed by atoms with van der Waals surface area (Å²) in [6.45, 7) is 5.20. The molecule has 0 aliphatic carbocycles. The highest BCUT2D eigenvalue weighted by molar-refractivity contribution is 5.75. The van der Waals surface area contributed by atoms with Gasteiger partial charge in [0.25, 0.3) is 0 Å². The normalized spacial score (nSPS) is 23.1. The molecule has 0 amide bonds. The Morgan fingerprint density at radius 1 is 1.60 bits per heavy atom. The Morgan fingerprint density at radius 2 is 2.33 bits per heavy atom. The lowest BCUT2D eigenvalue weighted by Crippen LogP contribution is -2.35.